The zero-order chi connectivity index (χ0) is 17.5. The van der Waals surface area contributed by atoms with Gasteiger partial charge < -0.3 is 9.64 Å². The van der Waals surface area contributed by atoms with Crippen LogP contribution in [0.2, 0.25) is 0 Å². The predicted molar refractivity (Wildman–Crippen MR) is 105 cm³/mol. The van der Waals surface area contributed by atoms with Crippen LogP contribution in [0, 0.1) is 0 Å². The molecule has 0 saturated heterocycles. The third kappa shape index (κ3) is 4.73. The molecule has 0 saturated carbocycles. The Bertz CT molecular complexity index is 680. The summed E-state index contributed by atoms with van der Waals surface area (Å²) in [6.07, 6.45) is 6.89. The van der Waals surface area contributed by atoms with Gasteiger partial charge in [-0.15, -0.1) is 6.58 Å². The number of hydrogen-bond acceptors (Lipinski definition) is 2. The fraction of sp³-hybridized carbons (Fsp3) is 0.391. The second-order valence-corrected chi connectivity index (χ2v) is 6.90. The summed E-state index contributed by atoms with van der Waals surface area (Å²) in [7, 11) is 1.74. The molecule has 0 spiro atoms. The van der Waals surface area contributed by atoms with Crippen molar-refractivity contribution in [3.05, 3.63) is 77.9 Å². The number of unbranched alkanes of at least 4 members (excludes halogenated alkanes) is 1. The summed E-state index contributed by atoms with van der Waals surface area (Å²) < 4.78 is 5.41. The van der Waals surface area contributed by atoms with E-state index in [0.717, 1.165) is 25.3 Å². The highest BCUT2D eigenvalue weighted by Gasteiger charge is 2.21. The highest BCUT2D eigenvalue weighted by atomic mass is 16.5. The second-order valence-electron chi connectivity index (χ2n) is 6.90. The van der Waals surface area contributed by atoms with E-state index in [-0.39, 0.29) is 0 Å². The Kier molecular flexibility index (Phi) is 6.30. The van der Waals surface area contributed by atoms with Gasteiger partial charge in [0.25, 0.3) is 0 Å². The quantitative estimate of drug-likeness (QED) is 0.530. The smallest absolute Gasteiger partial charge is 0.119 e. The van der Waals surface area contributed by atoms with Gasteiger partial charge in [-0.2, -0.15) is 0 Å². The van der Waals surface area contributed by atoms with Crippen molar-refractivity contribution in [1.29, 1.82) is 0 Å². The Labute approximate surface area is 152 Å². The van der Waals surface area contributed by atoms with Gasteiger partial charge in [0.2, 0.25) is 0 Å². The van der Waals surface area contributed by atoms with Crippen LogP contribution in [0.5, 0.6) is 5.75 Å². The van der Waals surface area contributed by atoms with E-state index in [0.29, 0.717) is 5.92 Å². The van der Waals surface area contributed by atoms with Gasteiger partial charge in [0.05, 0.1) is 7.11 Å². The van der Waals surface area contributed by atoms with Crippen LogP contribution in [0.4, 0.5) is 0 Å². The molecule has 1 aliphatic rings. The van der Waals surface area contributed by atoms with Crippen LogP contribution in [0.15, 0.2) is 61.2 Å². The van der Waals surface area contributed by atoms with Gasteiger partial charge in [-0.1, -0.05) is 42.5 Å². The number of fused-ring (bicyclic) bond motifs is 1. The first kappa shape index (κ1) is 17.8. The number of aryl methyl sites for hydroxylation is 1. The Morgan fingerprint density at radius 1 is 1.16 bits per heavy atom. The van der Waals surface area contributed by atoms with Crippen molar-refractivity contribution in [2.75, 3.05) is 26.7 Å². The maximum Gasteiger partial charge on any atom is 0.119 e. The van der Waals surface area contributed by atoms with Gasteiger partial charge in [0.1, 0.15) is 5.75 Å². The van der Waals surface area contributed by atoms with E-state index in [2.05, 4.69) is 66.1 Å². The predicted octanol–water partition coefficient (Wildman–Crippen LogP) is 4.85. The van der Waals surface area contributed by atoms with Crippen LogP contribution in [-0.4, -0.2) is 31.6 Å². The van der Waals surface area contributed by atoms with Crippen LogP contribution >= 0.6 is 0 Å². The fourth-order valence-corrected chi connectivity index (χ4v) is 3.73. The zero-order valence-electron chi connectivity index (χ0n) is 15.3. The van der Waals surface area contributed by atoms with E-state index in [4.69, 9.17) is 4.74 Å². The summed E-state index contributed by atoms with van der Waals surface area (Å²) in [5, 5.41) is 0. The van der Waals surface area contributed by atoms with Crippen molar-refractivity contribution in [1.82, 2.24) is 4.90 Å². The first-order valence-electron chi connectivity index (χ1n) is 9.36. The molecule has 2 aromatic rings. The normalized spacial score (nSPS) is 17.6. The third-order valence-corrected chi connectivity index (χ3v) is 5.22. The highest BCUT2D eigenvalue weighted by molar-refractivity contribution is 5.40. The van der Waals surface area contributed by atoms with Crippen molar-refractivity contribution < 1.29 is 4.74 Å². The van der Waals surface area contributed by atoms with Gasteiger partial charge in [0, 0.05) is 19.0 Å². The minimum absolute atomic E-state index is 0.390. The first-order valence-corrected chi connectivity index (χ1v) is 9.36. The van der Waals surface area contributed by atoms with Gasteiger partial charge >= 0.3 is 0 Å². The van der Waals surface area contributed by atoms with E-state index in [1.807, 2.05) is 0 Å². The Morgan fingerprint density at radius 3 is 2.76 bits per heavy atom. The molecular weight excluding hydrogens is 306 g/mol. The van der Waals surface area contributed by atoms with Gasteiger partial charge in [0.15, 0.2) is 0 Å². The first-order chi connectivity index (χ1) is 12.3. The molecule has 25 heavy (non-hydrogen) atoms. The average Bonchev–Trinajstić information content (AvgIpc) is 2.84. The molecule has 2 nitrogen and oxygen atoms in total. The van der Waals surface area contributed by atoms with E-state index < -0.39 is 0 Å². The van der Waals surface area contributed by atoms with E-state index in [1.165, 1.54) is 42.5 Å². The topological polar surface area (TPSA) is 12.5 Å². The Balaban J connectivity index is 1.55. The standard InChI is InChI=1S/C23H29NO/c1-3-20-18-24(15-8-7-11-19-9-5-4-6-10-19)16-14-21-12-13-22(25-2)17-23(20)21/h3-6,9-10,12-13,17,20H,1,7-8,11,14-16,18H2,2H3. The lowest BCUT2D eigenvalue weighted by atomic mass is 9.93. The molecule has 132 valence electrons. The summed E-state index contributed by atoms with van der Waals surface area (Å²) in [6, 6.07) is 17.3. The van der Waals surface area contributed by atoms with E-state index in [9.17, 15) is 0 Å². The largest absolute Gasteiger partial charge is 0.497 e. The number of rotatable bonds is 7. The summed E-state index contributed by atoms with van der Waals surface area (Å²) in [6.45, 7) is 7.45. The van der Waals surface area contributed by atoms with Crippen molar-refractivity contribution in [2.45, 2.75) is 31.6 Å². The Morgan fingerprint density at radius 2 is 2.00 bits per heavy atom. The van der Waals surface area contributed by atoms with E-state index in [1.54, 1.807) is 7.11 Å². The molecule has 0 radical (unpaired) electrons. The number of methoxy groups -OCH3 is 1. The van der Waals surface area contributed by atoms with Crippen LogP contribution < -0.4 is 4.74 Å². The molecule has 0 aliphatic carbocycles. The van der Waals surface area contributed by atoms with Gasteiger partial charge in [-0.05, 0) is 61.1 Å². The maximum absolute atomic E-state index is 5.41. The van der Waals surface area contributed by atoms with Crippen LogP contribution in [0.25, 0.3) is 0 Å². The zero-order valence-corrected chi connectivity index (χ0v) is 15.3. The molecule has 1 aliphatic heterocycles. The fourth-order valence-electron chi connectivity index (χ4n) is 3.73. The summed E-state index contributed by atoms with van der Waals surface area (Å²) in [5.41, 5.74) is 4.28. The van der Waals surface area contributed by atoms with Crippen molar-refractivity contribution in [3.63, 3.8) is 0 Å². The molecular formula is C23H29NO. The lowest BCUT2D eigenvalue weighted by Gasteiger charge is -2.23. The van der Waals surface area contributed by atoms with Crippen LogP contribution in [0.1, 0.15) is 35.4 Å². The van der Waals surface area contributed by atoms with Crippen LogP contribution in [0.3, 0.4) is 0 Å². The minimum atomic E-state index is 0.390. The van der Waals surface area contributed by atoms with Crippen molar-refractivity contribution >= 4 is 0 Å². The molecule has 0 amide bonds. The third-order valence-electron chi connectivity index (χ3n) is 5.22. The van der Waals surface area contributed by atoms with E-state index >= 15 is 0 Å². The number of benzene rings is 2. The van der Waals surface area contributed by atoms with Crippen LogP contribution in [-0.2, 0) is 12.8 Å². The summed E-state index contributed by atoms with van der Waals surface area (Å²) in [4.78, 5) is 2.60. The number of nitrogens with zero attached hydrogens (tertiary/aromatic N) is 1. The number of hydrogen-bond donors (Lipinski definition) is 0. The average molecular weight is 335 g/mol. The molecule has 0 N–H and O–H groups in total. The molecule has 3 rings (SSSR count). The molecule has 0 fully saturated rings. The number of ether oxygens (including phenoxy) is 1. The van der Waals surface area contributed by atoms with Gasteiger partial charge in [-0.25, -0.2) is 0 Å². The van der Waals surface area contributed by atoms with Crippen molar-refractivity contribution in [3.8, 4) is 5.75 Å². The lowest BCUT2D eigenvalue weighted by molar-refractivity contribution is 0.272. The maximum atomic E-state index is 5.41. The second kappa shape index (κ2) is 8.87. The molecule has 1 atom stereocenters. The summed E-state index contributed by atoms with van der Waals surface area (Å²) in [5.74, 6) is 1.34. The minimum Gasteiger partial charge on any atom is -0.497 e. The highest BCUT2D eigenvalue weighted by Crippen LogP contribution is 2.30. The molecule has 0 bridgehead atoms. The molecule has 2 heteroatoms. The molecule has 1 unspecified atom stereocenters. The monoisotopic (exact) mass is 335 g/mol. The Hall–Kier alpha value is -2.06. The van der Waals surface area contributed by atoms with Gasteiger partial charge in [-0.3, -0.25) is 0 Å². The molecule has 2 aromatic carbocycles. The molecule has 0 aromatic heterocycles. The molecule has 1 heterocycles. The lowest BCUT2D eigenvalue weighted by Crippen LogP contribution is -2.29. The SMILES string of the molecule is C=CC1CN(CCCCc2ccccc2)CCc2ccc(OC)cc21. The summed E-state index contributed by atoms with van der Waals surface area (Å²) >= 11 is 0. The van der Waals surface area contributed by atoms with Crippen molar-refractivity contribution in [2.24, 2.45) is 0 Å².